The molecule has 0 unspecified atom stereocenters. The van der Waals surface area contributed by atoms with Crippen LogP contribution in [0.2, 0.25) is 0 Å². The van der Waals surface area contributed by atoms with Gasteiger partial charge < -0.3 is 0 Å². The fourth-order valence-corrected chi connectivity index (χ4v) is 10.8. The Hall–Kier alpha value is -2.00. The van der Waals surface area contributed by atoms with Crippen LogP contribution in [-0.4, -0.2) is 24.8 Å². The molecule has 3 aromatic carbocycles. The molecule has 0 heterocycles. The van der Waals surface area contributed by atoms with Gasteiger partial charge >= 0.3 is 188 Å². The van der Waals surface area contributed by atoms with E-state index in [1.165, 1.54) is 15.9 Å². The van der Waals surface area contributed by atoms with Crippen molar-refractivity contribution in [2.75, 3.05) is 12.8 Å². The fraction of sp³-hybridized carbons (Fsp3) is 0.240. The van der Waals surface area contributed by atoms with Crippen LogP contribution >= 0.6 is 20.8 Å². The molecule has 5 heteroatoms. The SMILES string of the molecule is CC(C)[C@H](N)C(=O)OCCP(Br)(c1ccccc1)(c1ccccc1)c1ccccc1. The number of hydrogen-bond acceptors (Lipinski definition) is 3. The predicted octanol–water partition coefficient (Wildman–Crippen LogP) is 4.35. The van der Waals surface area contributed by atoms with E-state index < -0.39 is 11.3 Å². The van der Waals surface area contributed by atoms with E-state index in [1.807, 2.05) is 32.0 Å². The Kier molecular flexibility index (Phi) is 7.13. The van der Waals surface area contributed by atoms with Crippen molar-refractivity contribution in [3.05, 3.63) is 91.0 Å². The molecule has 0 bridgehead atoms. The van der Waals surface area contributed by atoms with Crippen molar-refractivity contribution in [3.8, 4) is 0 Å². The van der Waals surface area contributed by atoms with E-state index in [0.29, 0.717) is 6.16 Å². The molecule has 0 saturated heterocycles. The summed E-state index contributed by atoms with van der Waals surface area (Å²) < 4.78 is 5.69. The Bertz CT molecular complexity index is 865. The van der Waals surface area contributed by atoms with Crippen LogP contribution < -0.4 is 21.6 Å². The fourth-order valence-electron chi connectivity index (χ4n) is 3.74. The van der Waals surface area contributed by atoms with Crippen molar-refractivity contribution in [2.24, 2.45) is 11.7 Å². The normalized spacial score (nSPS) is 14.0. The second-order valence-corrected chi connectivity index (χ2v) is 16.9. The second kappa shape index (κ2) is 9.43. The van der Waals surface area contributed by atoms with Crippen molar-refractivity contribution in [1.82, 2.24) is 0 Å². The van der Waals surface area contributed by atoms with E-state index in [-0.39, 0.29) is 18.5 Å². The number of halogens is 1. The number of carbonyl (C=O) groups is 1. The van der Waals surface area contributed by atoms with E-state index >= 15 is 0 Å². The second-order valence-electron chi connectivity index (χ2n) is 7.85. The molecule has 3 aromatic rings. The van der Waals surface area contributed by atoms with Crippen LogP contribution in [-0.2, 0) is 9.53 Å². The summed E-state index contributed by atoms with van der Waals surface area (Å²) in [6.45, 7) is 4.13. The van der Waals surface area contributed by atoms with Crippen LogP contribution in [0.1, 0.15) is 13.8 Å². The third kappa shape index (κ3) is 4.23. The number of ether oxygens (including phenoxy) is 1. The quantitative estimate of drug-likeness (QED) is 0.381. The standard InChI is InChI=1S/C25H29BrNO2P/c1-20(2)24(27)25(28)29-18-19-30(26,21-12-6-3-7-13-21,22-14-8-4-9-15-22)23-16-10-5-11-17-23/h3-17,20,24H,18-19,27H2,1-2H3/t24-/m0/s1. The molecule has 158 valence electrons. The Balaban J connectivity index is 2.12. The number of carbonyl (C=O) groups excluding carboxylic acids is 1. The summed E-state index contributed by atoms with van der Waals surface area (Å²) in [5, 5.41) is 0.525. The van der Waals surface area contributed by atoms with E-state index in [0.717, 1.165) is 0 Å². The van der Waals surface area contributed by atoms with E-state index in [9.17, 15) is 4.79 Å². The van der Waals surface area contributed by atoms with Crippen molar-refractivity contribution in [3.63, 3.8) is 0 Å². The first-order valence-corrected chi connectivity index (χ1v) is 14.6. The maximum atomic E-state index is 12.4. The average molecular weight is 486 g/mol. The van der Waals surface area contributed by atoms with Crippen LogP contribution in [0.25, 0.3) is 0 Å². The molecule has 0 amide bonds. The van der Waals surface area contributed by atoms with Gasteiger partial charge in [0.1, 0.15) is 0 Å². The number of hydrogen-bond donors (Lipinski definition) is 1. The van der Waals surface area contributed by atoms with Gasteiger partial charge in [-0.15, -0.1) is 0 Å². The Morgan fingerprint density at radius 1 is 0.833 bits per heavy atom. The first kappa shape index (κ1) is 22.7. The van der Waals surface area contributed by atoms with Gasteiger partial charge in [-0.1, -0.05) is 0 Å². The maximum absolute atomic E-state index is 12.4. The molecule has 0 radical (unpaired) electrons. The number of nitrogens with two attached hydrogens (primary N) is 1. The van der Waals surface area contributed by atoms with Gasteiger partial charge in [-0.05, 0) is 0 Å². The molecule has 0 aliphatic rings. The number of benzene rings is 3. The minimum atomic E-state index is -3.07. The Labute approximate surface area is 187 Å². The van der Waals surface area contributed by atoms with E-state index in [4.69, 9.17) is 10.5 Å². The third-order valence-electron chi connectivity index (χ3n) is 5.63. The minimum absolute atomic E-state index is 0.0362. The molecule has 2 N–H and O–H groups in total. The zero-order chi connectivity index (χ0) is 21.6. The molecule has 0 aliphatic carbocycles. The van der Waals surface area contributed by atoms with Gasteiger partial charge in [-0.25, -0.2) is 0 Å². The molecule has 0 aromatic heterocycles. The molecule has 0 fully saturated rings. The van der Waals surface area contributed by atoms with Gasteiger partial charge in [0, 0.05) is 0 Å². The van der Waals surface area contributed by atoms with E-state index in [1.54, 1.807) is 0 Å². The van der Waals surface area contributed by atoms with Crippen molar-refractivity contribution >= 4 is 42.7 Å². The molecule has 30 heavy (non-hydrogen) atoms. The van der Waals surface area contributed by atoms with Crippen molar-refractivity contribution < 1.29 is 9.53 Å². The number of rotatable bonds is 8. The van der Waals surface area contributed by atoms with Crippen LogP contribution in [0.4, 0.5) is 0 Å². The summed E-state index contributed by atoms with van der Waals surface area (Å²) in [6.07, 6.45) is 0.639. The Morgan fingerprint density at radius 3 is 1.53 bits per heavy atom. The topological polar surface area (TPSA) is 52.3 Å². The first-order valence-electron chi connectivity index (χ1n) is 10.2. The van der Waals surface area contributed by atoms with Gasteiger partial charge in [0.05, 0.1) is 0 Å². The summed E-state index contributed by atoms with van der Waals surface area (Å²) >= 11 is 4.34. The monoisotopic (exact) mass is 485 g/mol. The van der Waals surface area contributed by atoms with Gasteiger partial charge in [0.25, 0.3) is 0 Å². The molecule has 0 aliphatic heterocycles. The molecular weight excluding hydrogens is 457 g/mol. The third-order valence-corrected chi connectivity index (χ3v) is 15.5. The Morgan fingerprint density at radius 2 is 1.20 bits per heavy atom. The summed E-state index contributed by atoms with van der Waals surface area (Å²) in [5.74, 6) is -0.314. The summed E-state index contributed by atoms with van der Waals surface area (Å²) in [4.78, 5) is 12.4. The molecule has 1 atom stereocenters. The molecular formula is C25H29BrNO2P. The summed E-state index contributed by atoms with van der Waals surface area (Å²) in [6, 6.07) is 30.8. The summed E-state index contributed by atoms with van der Waals surface area (Å²) in [7, 11) is 0. The van der Waals surface area contributed by atoms with Crippen LogP contribution in [0.15, 0.2) is 91.0 Å². The van der Waals surface area contributed by atoms with Crippen molar-refractivity contribution in [1.29, 1.82) is 0 Å². The van der Waals surface area contributed by atoms with Crippen LogP contribution in [0.3, 0.4) is 0 Å². The molecule has 3 rings (SSSR count). The summed E-state index contributed by atoms with van der Waals surface area (Å²) in [5.41, 5.74) is 6.00. The van der Waals surface area contributed by atoms with E-state index in [2.05, 4.69) is 88.3 Å². The zero-order valence-corrected chi connectivity index (χ0v) is 19.9. The molecule has 0 spiro atoms. The predicted molar refractivity (Wildman–Crippen MR) is 133 cm³/mol. The van der Waals surface area contributed by atoms with Gasteiger partial charge in [0.15, 0.2) is 0 Å². The number of esters is 1. The van der Waals surface area contributed by atoms with Crippen LogP contribution in [0, 0.1) is 5.92 Å². The van der Waals surface area contributed by atoms with Crippen molar-refractivity contribution in [2.45, 2.75) is 19.9 Å². The molecule has 3 nitrogen and oxygen atoms in total. The van der Waals surface area contributed by atoms with Gasteiger partial charge in [-0.2, -0.15) is 0 Å². The first-order chi connectivity index (χ1) is 14.4. The molecule has 0 saturated carbocycles. The van der Waals surface area contributed by atoms with Gasteiger partial charge in [-0.3, -0.25) is 0 Å². The van der Waals surface area contributed by atoms with Crippen LogP contribution in [0.5, 0.6) is 0 Å². The average Bonchev–Trinajstić information content (AvgIpc) is 2.80. The van der Waals surface area contributed by atoms with Gasteiger partial charge in [0.2, 0.25) is 0 Å². The zero-order valence-electron chi connectivity index (χ0n) is 17.4.